The molecule has 0 radical (unpaired) electrons. The molecule has 0 unspecified atom stereocenters. The average Bonchev–Trinajstić information content (AvgIpc) is 2.40. The summed E-state index contributed by atoms with van der Waals surface area (Å²) in [7, 11) is 0. The molecule has 1 aromatic carbocycles. The Morgan fingerprint density at radius 1 is 1.10 bits per heavy atom. The van der Waals surface area contributed by atoms with Crippen LogP contribution in [0.15, 0.2) is 24.3 Å². The topological polar surface area (TPSA) is 29.1 Å². The number of rotatable bonds is 9. The Labute approximate surface area is 124 Å². The Kier molecular flexibility index (Phi) is 8.01. The number of amides is 1. The summed E-state index contributed by atoms with van der Waals surface area (Å²) in [5, 5.41) is 3.01. The molecule has 0 fully saturated rings. The number of hydrogen-bond donors (Lipinski definition) is 1. The second kappa shape index (κ2) is 9.57. The van der Waals surface area contributed by atoms with Crippen LogP contribution in [0.5, 0.6) is 0 Å². The molecule has 0 aliphatic rings. The van der Waals surface area contributed by atoms with Crippen LogP contribution < -0.4 is 5.32 Å². The van der Waals surface area contributed by atoms with E-state index in [0.29, 0.717) is 6.42 Å². The van der Waals surface area contributed by atoms with Gasteiger partial charge in [-0.1, -0.05) is 56.5 Å². The van der Waals surface area contributed by atoms with Crippen LogP contribution in [0.25, 0.3) is 0 Å². The zero-order chi connectivity index (χ0) is 14.8. The van der Waals surface area contributed by atoms with Gasteiger partial charge in [0, 0.05) is 13.0 Å². The minimum atomic E-state index is 0.196. The van der Waals surface area contributed by atoms with E-state index in [9.17, 15) is 4.79 Å². The number of aryl methyl sites for hydroxylation is 2. The predicted molar refractivity (Wildman–Crippen MR) is 85.8 cm³/mol. The van der Waals surface area contributed by atoms with Gasteiger partial charge in [-0.15, -0.1) is 0 Å². The SMILES string of the molecule is Cc1ccc(CCCC(=O)NCCCCC(C)C)cc1. The quantitative estimate of drug-likeness (QED) is 0.670. The summed E-state index contributed by atoms with van der Waals surface area (Å²) >= 11 is 0. The highest BCUT2D eigenvalue weighted by Crippen LogP contribution is 2.07. The average molecular weight is 275 g/mol. The molecule has 1 N–H and O–H groups in total. The molecule has 1 rings (SSSR count). The van der Waals surface area contributed by atoms with Crippen LogP contribution in [0.4, 0.5) is 0 Å². The highest BCUT2D eigenvalue weighted by molar-refractivity contribution is 5.75. The number of nitrogens with one attached hydrogen (secondary N) is 1. The van der Waals surface area contributed by atoms with E-state index in [0.717, 1.165) is 31.7 Å². The van der Waals surface area contributed by atoms with E-state index in [1.165, 1.54) is 24.0 Å². The number of carbonyl (C=O) groups is 1. The Balaban J connectivity index is 2.04. The van der Waals surface area contributed by atoms with E-state index in [4.69, 9.17) is 0 Å². The molecule has 0 atom stereocenters. The molecular formula is C18H29NO. The molecule has 0 spiro atoms. The molecule has 0 aromatic heterocycles. The van der Waals surface area contributed by atoms with Crippen molar-refractivity contribution in [1.29, 1.82) is 0 Å². The fourth-order valence-electron chi connectivity index (χ4n) is 2.20. The van der Waals surface area contributed by atoms with Gasteiger partial charge in [-0.05, 0) is 37.7 Å². The van der Waals surface area contributed by atoms with Crippen molar-refractivity contribution >= 4 is 5.91 Å². The van der Waals surface area contributed by atoms with Crippen LogP contribution in [-0.2, 0) is 11.2 Å². The molecule has 2 nitrogen and oxygen atoms in total. The van der Waals surface area contributed by atoms with Crippen molar-refractivity contribution in [2.45, 2.75) is 59.3 Å². The van der Waals surface area contributed by atoms with Gasteiger partial charge < -0.3 is 5.32 Å². The van der Waals surface area contributed by atoms with Gasteiger partial charge in [0.25, 0.3) is 0 Å². The minimum Gasteiger partial charge on any atom is -0.356 e. The lowest BCUT2D eigenvalue weighted by Crippen LogP contribution is -2.24. The molecule has 2 heteroatoms. The lowest BCUT2D eigenvalue weighted by atomic mass is 10.1. The summed E-state index contributed by atoms with van der Waals surface area (Å²) in [4.78, 5) is 11.7. The number of unbranched alkanes of at least 4 members (excludes halogenated alkanes) is 1. The van der Waals surface area contributed by atoms with Crippen LogP contribution in [-0.4, -0.2) is 12.5 Å². The first-order valence-electron chi connectivity index (χ1n) is 7.90. The van der Waals surface area contributed by atoms with E-state index in [1.807, 2.05) is 0 Å². The molecule has 0 saturated heterocycles. The van der Waals surface area contributed by atoms with Gasteiger partial charge in [-0.25, -0.2) is 0 Å². The molecule has 112 valence electrons. The van der Waals surface area contributed by atoms with Gasteiger partial charge in [-0.3, -0.25) is 4.79 Å². The highest BCUT2D eigenvalue weighted by atomic mass is 16.1. The third-order valence-electron chi connectivity index (χ3n) is 3.52. The Morgan fingerprint density at radius 2 is 1.80 bits per heavy atom. The summed E-state index contributed by atoms with van der Waals surface area (Å²) in [5.41, 5.74) is 2.60. The maximum absolute atomic E-state index is 11.7. The van der Waals surface area contributed by atoms with Gasteiger partial charge >= 0.3 is 0 Å². The molecule has 1 aromatic rings. The van der Waals surface area contributed by atoms with Gasteiger partial charge in [0.05, 0.1) is 0 Å². The zero-order valence-corrected chi connectivity index (χ0v) is 13.2. The molecule has 0 saturated carbocycles. The molecule has 20 heavy (non-hydrogen) atoms. The van der Waals surface area contributed by atoms with Gasteiger partial charge in [0.1, 0.15) is 0 Å². The van der Waals surface area contributed by atoms with Crippen molar-refractivity contribution in [3.05, 3.63) is 35.4 Å². The molecule has 0 aliphatic carbocycles. The second-order valence-electron chi connectivity index (χ2n) is 6.08. The van der Waals surface area contributed by atoms with E-state index in [2.05, 4.69) is 50.4 Å². The monoisotopic (exact) mass is 275 g/mol. The second-order valence-corrected chi connectivity index (χ2v) is 6.08. The van der Waals surface area contributed by atoms with E-state index in [1.54, 1.807) is 0 Å². The predicted octanol–water partition coefficient (Wildman–Crippen LogP) is 4.26. The van der Waals surface area contributed by atoms with Crippen LogP contribution in [0.1, 0.15) is 57.1 Å². The first-order chi connectivity index (χ1) is 9.58. The van der Waals surface area contributed by atoms with Crippen LogP contribution in [0, 0.1) is 12.8 Å². The standard InChI is InChI=1S/C18H29NO/c1-15(2)7-4-5-14-19-18(20)9-6-8-17-12-10-16(3)11-13-17/h10-13,15H,4-9,14H2,1-3H3,(H,19,20). The molecule has 1 amide bonds. The third kappa shape index (κ3) is 7.98. The number of carbonyl (C=O) groups excluding carboxylic acids is 1. The smallest absolute Gasteiger partial charge is 0.220 e. The summed E-state index contributed by atoms with van der Waals surface area (Å²) in [6.45, 7) is 7.40. The fraction of sp³-hybridized carbons (Fsp3) is 0.611. The Morgan fingerprint density at radius 3 is 2.45 bits per heavy atom. The fourth-order valence-corrected chi connectivity index (χ4v) is 2.20. The van der Waals surface area contributed by atoms with Crippen molar-refractivity contribution < 1.29 is 4.79 Å². The van der Waals surface area contributed by atoms with Crippen LogP contribution in [0.2, 0.25) is 0 Å². The highest BCUT2D eigenvalue weighted by Gasteiger charge is 2.01. The first-order valence-corrected chi connectivity index (χ1v) is 7.90. The van der Waals surface area contributed by atoms with Crippen molar-refractivity contribution in [1.82, 2.24) is 5.32 Å². The van der Waals surface area contributed by atoms with Crippen molar-refractivity contribution in [3.8, 4) is 0 Å². The van der Waals surface area contributed by atoms with Crippen molar-refractivity contribution in [3.63, 3.8) is 0 Å². The lowest BCUT2D eigenvalue weighted by molar-refractivity contribution is -0.121. The summed E-state index contributed by atoms with van der Waals surface area (Å²) < 4.78 is 0. The summed E-state index contributed by atoms with van der Waals surface area (Å²) in [6, 6.07) is 8.56. The lowest BCUT2D eigenvalue weighted by Gasteiger charge is -2.07. The van der Waals surface area contributed by atoms with E-state index < -0.39 is 0 Å². The van der Waals surface area contributed by atoms with Gasteiger partial charge in [-0.2, -0.15) is 0 Å². The summed E-state index contributed by atoms with van der Waals surface area (Å²) in [6.07, 6.45) is 6.12. The summed E-state index contributed by atoms with van der Waals surface area (Å²) in [5.74, 6) is 0.960. The third-order valence-corrected chi connectivity index (χ3v) is 3.52. The van der Waals surface area contributed by atoms with Crippen molar-refractivity contribution in [2.24, 2.45) is 5.92 Å². The molecule has 0 aliphatic heterocycles. The zero-order valence-electron chi connectivity index (χ0n) is 13.2. The minimum absolute atomic E-state index is 0.196. The van der Waals surface area contributed by atoms with Crippen molar-refractivity contribution in [2.75, 3.05) is 6.54 Å². The van der Waals surface area contributed by atoms with Crippen LogP contribution >= 0.6 is 0 Å². The molecular weight excluding hydrogens is 246 g/mol. The molecule has 0 heterocycles. The normalized spacial score (nSPS) is 10.8. The van der Waals surface area contributed by atoms with E-state index >= 15 is 0 Å². The maximum Gasteiger partial charge on any atom is 0.220 e. The number of benzene rings is 1. The largest absolute Gasteiger partial charge is 0.356 e. The number of hydrogen-bond acceptors (Lipinski definition) is 1. The first kappa shape index (κ1) is 16.7. The van der Waals surface area contributed by atoms with E-state index in [-0.39, 0.29) is 5.91 Å². The maximum atomic E-state index is 11.7. The molecule has 0 bridgehead atoms. The Hall–Kier alpha value is -1.31. The van der Waals surface area contributed by atoms with Crippen LogP contribution in [0.3, 0.4) is 0 Å². The Bertz CT molecular complexity index is 381. The van der Waals surface area contributed by atoms with Gasteiger partial charge in [0.15, 0.2) is 0 Å². The van der Waals surface area contributed by atoms with Gasteiger partial charge in [0.2, 0.25) is 5.91 Å².